The lowest BCUT2D eigenvalue weighted by Crippen LogP contribution is -2.34. The van der Waals surface area contributed by atoms with E-state index >= 15 is 0 Å². The molecule has 0 aliphatic carbocycles. The molecule has 0 bridgehead atoms. The molecule has 26 heavy (non-hydrogen) atoms. The largest absolute Gasteiger partial charge is 0.338 e. The Morgan fingerprint density at radius 1 is 1.12 bits per heavy atom. The maximum atomic E-state index is 13.3. The number of piperidine rings is 1. The maximum Gasteiger partial charge on any atom is 0.240 e. The quantitative estimate of drug-likeness (QED) is 0.692. The molecule has 0 amide bonds. The van der Waals surface area contributed by atoms with E-state index in [4.69, 9.17) is 4.52 Å². The van der Waals surface area contributed by atoms with Crippen LogP contribution < -0.4 is 0 Å². The van der Waals surface area contributed by atoms with Crippen LogP contribution in [0.4, 0.5) is 4.39 Å². The lowest BCUT2D eigenvalue weighted by atomic mass is 9.91. The highest BCUT2D eigenvalue weighted by atomic mass is 19.1. The molecule has 0 unspecified atom stereocenters. The van der Waals surface area contributed by atoms with Gasteiger partial charge in [-0.2, -0.15) is 4.98 Å². The predicted octanol–water partition coefficient (Wildman–Crippen LogP) is 4.18. The summed E-state index contributed by atoms with van der Waals surface area (Å²) in [5, 5.41) is 4.05. The molecule has 0 N–H and O–H groups in total. The van der Waals surface area contributed by atoms with E-state index in [-0.39, 0.29) is 5.82 Å². The van der Waals surface area contributed by atoms with Gasteiger partial charge in [-0.25, -0.2) is 4.39 Å². The number of nitrogens with zero attached hydrogens (tertiary/aromatic N) is 3. The first-order valence-corrected chi connectivity index (χ1v) is 9.09. The zero-order valence-corrected chi connectivity index (χ0v) is 14.6. The topological polar surface area (TPSA) is 42.2 Å². The first kappa shape index (κ1) is 16.9. The van der Waals surface area contributed by atoms with Crippen molar-refractivity contribution >= 4 is 0 Å². The summed E-state index contributed by atoms with van der Waals surface area (Å²) in [5.41, 5.74) is 2.24. The van der Waals surface area contributed by atoms with Gasteiger partial charge < -0.3 is 4.52 Å². The van der Waals surface area contributed by atoms with Gasteiger partial charge in [0.05, 0.1) is 6.54 Å². The molecule has 0 spiro atoms. The van der Waals surface area contributed by atoms with Crippen LogP contribution in [0.25, 0.3) is 0 Å². The molecule has 4 rings (SSSR count). The van der Waals surface area contributed by atoms with Crippen LogP contribution in [-0.2, 0) is 13.0 Å². The average Bonchev–Trinajstić information content (AvgIpc) is 3.09. The highest BCUT2D eigenvalue weighted by molar-refractivity contribution is 5.21. The zero-order chi connectivity index (χ0) is 17.8. The molecule has 1 fully saturated rings. The van der Waals surface area contributed by atoms with Gasteiger partial charge in [-0.1, -0.05) is 47.6 Å². The highest BCUT2D eigenvalue weighted by Crippen LogP contribution is 2.27. The van der Waals surface area contributed by atoms with Crippen LogP contribution >= 0.6 is 0 Å². The van der Waals surface area contributed by atoms with Gasteiger partial charge >= 0.3 is 0 Å². The third kappa shape index (κ3) is 4.17. The van der Waals surface area contributed by atoms with Gasteiger partial charge in [-0.05, 0) is 48.6 Å². The molecule has 3 aromatic rings. The average molecular weight is 351 g/mol. The molecule has 1 aliphatic rings. The summed E-state index contributed by atoms with van der Waals surface area (Å²) in [6.45, 7) is 2.72. The Balaban J connectivity index is 1.38. The monoisotopic (exact) mass is 351 g/mol. The van der Waals surface area contributed by atoms with Crippen LogP contribution in [-0.4, -0.2) is 28.1 Å². The van der Waals surface area contributed by atoms with E-state index in [1.807, 2.05) is 6.07 Å². The van der Waals surface area contributed by atoms with E-state index in [0.29, 0.717) is 30.6 Å². The fourth-order valence-corrected chi connectivity index (χ4v) is 3.64. The van der Waals surface area contributed by atoms with Gasteiger partial charge in [0.15, 0.2) is 5.82 Å². The van der Waals surface area contributed by atoms with Crippen LogP contribution in [0, 0.1) is 5.82 Å². The van der Waals surface area contributed by atoms with E-state index in [1.165, 1.54) is 30.5 Å². The van der Waals surface area contributed by atoms with Crippen molar-refractivity contribution in [3.05, 3.63) is 83.3 Å². The molecule has 2 aromatic carbocycles. The molecule has 2 heterocycles. The summed E-state index contributed by atoms with van der Waals surface area (Å²) < 4.78 is 18.7. The second kappa shape index (κ2) is 7.79. The molecule has 134 valence electrons. The van der Waals surface area contributed by atoms with Gasteiger partial charge in [0, 0.05) is 13.0 Å². The fourth-order valence-electron chi connectivity index (χ4n) is 3.64. The second-order valence-corrected chi connectivity index (χ2v) is 6.90. The molecular weight excluding hydrogens is 329 g/mol. The third-order valence-corrected chi connectivity index (χ3v) is 4.90. The summed E-state index contributed by atoms with van der Waals surface area (Å²) in [4.78, 5) is 6.86. The van der Waals surface area contributed by atoms with Crippen molar-refractivity contribution < 1.29 is 8.91 Å². The molecule has 1 aliphatic heterocycles. The van der Waals surface area contributed by atoms with Crippen LogP contribution in [0.1, 0.15) is 41.6 Å². The van der Waals surface area contributed by atoms with Gasteiger partial charge in [0.25, 0.3) is 0 Å². The number of hydrogen-bond donors (Lipinski definition) is 0. The van der Waals surface area contributed by atoms with Crippen LogP contribution in [0.2, 0.25) is 0 Å². The number of aromatic nitrogens is 2. The van der Waals surface area contributed by atoms with Crippen molar-refractivity contribution in [2.45, 2.75) is 31.7 Å². The van der Waals surface area contributed by atoms with E-state index in [0.717, 1.165) is 18.7 Å². The molecule has 0 radical (unpaired) electrons. The number of halogens is 1. The van der Waals surface area contributed by atoms with E-state index in [2.05, 4.69) is 45.4 Å². The van der Waals surface area contributed by atoms with Crippen molar-refractivity contribution in [1.82, 2.24) is 15.0 Å². The zero-order valence-electron chi connectivity index (χ0n) is 14.6. The third-order valence-electron chi connectivity index (χ3n) is 4.90. The lowest BCUT2D eigenvalue weighted by Gasteiger charge is -2.31. The SMILES string of the molecule is Fc1cccc(Cc2noc(CN3CCC[C@@H](c4ccccc4)C3)n2)c1. The summed E-state index contributed by atoms with van der Waals surface area (Å²) in [7, 11) is 0. The minimum Gasteiger partial charge on any atom is -0.338 e. The van der Waals surface area contributed by atoms with Crippen LogP contribution in [0.15, 0.2) is 59.1 Å². The Morgan fingerprint density at radius 3 is 2.85 bits per heavy atom. The van der Waals surface area contributed by atoms with E-state index in [1.54, 1.807) is 6.07 Å². The van der Waals surface area contributed by atoms with Gasteiger partial charge in [0.2, 0.25) is 5.89 Å². The Labute approximate surface area is 152 Å². The maximum absolute atomic E-state index is 13.3. The Morgan fingerprint density at radius 2 is 2.00 bits per heavy atom. The minimum atomic E-state index is -0.244. The van der Waals surface area contributed by atoms with Crippen molar-refractivity contribution in [3.8, 4) is 0 Å². The molecule has 0 saturated carbocycles. The molecule has 4 nitrogen and oxygen atoms in total. The smallest absolute Gasteiger partial charge is 0.240 e. The van der Waals surface area contributed by atoms with Crippen molar-refractivity contribution in [3.63, 3.8) is 0 Å². The van der Waals surface area contributed by atoms with Crippen LogP contribution in [0.5, 0.6) is 0 Å². The highest BCUT2D eigenvalue weighted by Gasteiger charge is 2.22. The van der Waals surface area contributed by atoms with E-state index in [9.17, 15) is 4.39 Å². The Kier molecular flexibility index (Phi) is 5.07. The minimum absolute atomic E-state index is 0.244. The first-order chi connectivity index (χ1) is 12.8. The van der Waals surface area contributed by atoms with Gasteiger partial charge in [0.1, 0.15) is 5.82 Å². The summed E-state index contributed by atoms with van der Waals surface area (Å²) in [5.74, 6) is 1.54. The molecule has 1 aromatic heterocycles. The summed E-state index contributed by atoms with van der Waals surface area (Å²) in [6.07, 6.45) is 2.87. The lowest BCUT2D eigenvalue weighted by molar-refractivity contribution is 0.177. The number of likely N-dealkylation sites (tertiary alicyclic amines) is 1. The van der Waals surface area contributed by atoms with Crippen molar-refractivity contribution in [1.29, 1.82) is 0 Å². The van der Waals surface area contributed by atoms with Gasteiger partial charge in [-0.15, -0.1) is 0 Å². The fraction of sp³-hybridized carbons (Fsp3) is 0.333. The number of rotatable bonds is 5. The van der Waals surface area contributed by atoms with Crippen molar-refractivity contribution in [2.75, 3.05) is 13.1 Å². The number of hydrogen-bond acceptors (Lipinski definition) is 4. The molecule has 5 heteroatoms. The Bertz CT molecular complexity index is 849. The standard InChI is InChI=1S/C21H22FN3O/c22-19-10-4-6-16(12-19)13-20-23-21(26-24-20)15-25-11-5-9-18(14-25)17-7-2-1-3-8-17/h1-4,6-8,10,12,18H,5,9,11,13-15H2/t18-/m1/s1. The molecular formula is C21H22FN3O. The van der Waals surface area contributed by atoms with E-state index < -0.39 is 0 Å². The predicted molar refractivity (Wildman–Crippen MR) is 97.2 cm³/mol. The summed E-state index contributed by atoms with van der Waals surface area (Å²) in [6, 6.07) is 17.2. The number of benzene rings is 2. The van der Waals surface area contributed by atoms with Gasteiger partial charge in [-0.3, -0.25) is 4.90 Å². The Hall–Kier alpha value is -2.53. The summed E-state index contributed by atoms with van der Waals surface area (Å²) >= 11 is 0. The molecule has 1 saturated heterocycles. The normalized spacial score (nSPS) is 18.1. The second-order valence-electron chi connectivity index (χ2n) is 6.90. The van der Waals surface area contributed by atoms with Crippen LogP contribution in [0.3, 0.4) is 0 Å². The molecule has 1 atom stereocenters. The van der Waals surface area contributed by atoms with Crippen molar-refractivity contribution in [2.24, 2.45) is 0 Å². The first-order valence-electron chi connectivity index (χ1n) is 9.09.